The lowest BCUT2D eigenvalue weighted by atomic mass is 9.71. The van der Waals surface area contributed by atoms with Crippen LogP contribution in [-0.2, 0) is 4.74 Å². The Kier molecular flexibility index (Phi) is 4.78. The molecule has 3 aliphatic rings. The van der Waals surface area contributed by atoms with Crippen molar-refractivity contribution in [2.75, 3.05) is 39.9 Å². The predicted molar refractivity (Wildman–Crippen MR) is 96.4 cm³/mol. The lowest BCUT2D eigenvalue weighted by molar-refractivity contribution is 0.0309. The summed E-state index contributed by atoms with van der Waals surface area (Å²) in [7, 11) is 1.82. The van der Waals surface area contributed by atoms with Crippen LogP contribution in [0.2, 0.25) is 0 Å². The van der Waals surface area contributed by atoms with Gasteiger partial charge in [0.25, 0.3) is 5.91 Å². The van der Waals surface area contributed by atoms with Gasteiger partial charge in [-0.25, -0.2) is 0 Å². The molecule has 0 aromatic carbocycles. The Bertz CT molecular complexity index is 594. The van der Waals surface area contributed by atoms with Crippen molar-refractivity contribution in [1.82, 2.24) is 14.8 Å². The monoisotopic (exact) mass is 343 g/mol. The molecule has 1 amide bonds. The smallest absolute Gasteiger partial charge is 0.272 e. The van der Waals surface area contributed by atoms with Gasteiger partial charge in [-0.15, -0.1) is 0 Å². The van der Waals surface area contributed by atoms with E-state index in [9.17, 15) is 4.79 Å². The summed E-state index contributed by atoms with van der Waals surface area (Å²) in [4.78, 5) is 21.6. The van der Waals surface area contributed by atoms with Gasteiger partial charge in [0.1, 0.15) is 5.69 Å². The normalized spacial score (nSPS) is 26.8. The van der Waals surface area contributed by atoms with Crippen molar-refractivity contribution in [1.29, 1.82) is 0 Å². The molecule has 2 aliphatic heterocycles. The summed E-state index contributed by atoms with van der Waals surface area (Å²) in [6, 6.07) is 6.35. The molecule has 1 atom stereocenters. The lowest BCUT2D eigenvalue weighted by Gasteiger charge is -2.43. The maximum Gasteiger partial charge on any atom is 0.272 e. The first-order chi connectivity index (χ1) is 12.2. The van der Waals surface area contributed by atoms with Crippen LogP contribution in [0.15, 0.2) is 24.4 Å². The number of aromatic nitrogens is 1. The number of methoxy groups -OCH3 is 1. The highest BCUT2D eigenvalue weighted by molar-refractivity contribution is 5.92. The Morgan fingerprint density at radius 2 is 2.12 bits per heavy atom. The molecule has 3 heterocycles. The van der Waals surface area contributed by atoms with Crippen LogP contribution < -0.4 is 0 Å². The van der Waals surface area contributed by atoms with Crippen molar-refractivity contribution in [3.8, 4) is 0 Å². The molecule has 0 N–H and O–H groups in total. The third-order valence-electron chi connectivity index (χ3n) is 6.73. The fourth-order valence-electron chi connectivity index (χ4n) is 4.91. The number of hydrogen-bond donors (Lipinski definition) is 0. The van der Waals surface area contributed by atoms with Crippen LogP contribution in [-0.4, -0.2) is 66.6 Å². The second-order valence-electron chi connectivity index (χ2n) is 8.04. The molecule has 1 unspecified atom stereocenters. The van der Waals surface area contributed by atoms with Crippen LogP contribution in [0.4, 0.5) is 0 Å². The summed E-state index contributed by atoms with van der Waals surface area (Å²) in [6.07, 6.45) is 7.97. The summed E-state index contributed by atoms with van der Waals surface area (Å²) in [5, 5.41) is 0. The molecule has 1 aromatic heterocycles. The molecular weight excluding hydrogens is 314 g/mol. The molecule has 4 rings (SSSR count). The number of likely N-dealkylation sites (tertiary alicyclic amines) is 2. The molecule has 136 valence electrons. The largest absolute Gasteiger partial charge is 0.384 e. The number of carbonyl (C=O) groups excluding carboxylic acids is 1. The van der Waals surface area contributed by atoms with Gasteiger partial charge >= 0.3 is 0 Å². The Morgan fingerprint density at radius 1 is 1.32 bits per heavy atom. The maximum absolute atomic E-state index is 12.7. The van der Waals surface area contributed by atoms with Crippen LogP contribution in [0, 0.1) is 11.3 Å². The van der Waals surface area contributed by atoms with Gasteiger partial charge < -0.3 is 9.64 Å². The topological polar surface area (TPSA) is 45.7 Å². The van der Waals surface area contributed by atoms with Crippen molar-refractivity contribution in [3.05, 3.63) is 30.1 Å². The zero-order chi connectivity index (χ0) is 17.3. The van der Waals surface area contributed by atoms with E-state index in [2.05, 4.69) is 9.88 Å². The SMILES string of the molecule is COCC1CN(C2CCC2)CC12CCN(C(=O)c1ccccn1)CC2. The van der Waals surface area contributed by atoms with E-state index in [0.29, 0.717) is 17.0 Å². The van der Waals surface area contributed by atoms with Crippen molar-refractivity contribution < 1.29 is 9.53 Å². The molecule has 3 fully saturated rings. The van der Waals surface area contributed by atoms with E-state index in [0.717, 1.165) is 38.6 Å². The van der Waals surface area contributed by atoms with Crippen LogP contribution in [0.5, 0.6) is 0 Å². The van der Waals surface area contributed by atoms with Crippen LogP contribution in [0.1, 0.15) is 42.6 Å². The molecule has 0 bridgehead atoms. The number of hydrogen-bond acceptors (Lipinski definition) is 4. The van der Waals surface area contributed by atoms with Gasteiger partial charge in [-0.05, 0) is 43.2 Å². The van der Waals surface area contributed by atoms with Crippen molar-refractivity contribution in [3.63, 3.8) is 0 Å². The van der Waals surface area contributed by atoms with Gasteiger partial charge in [-0.2, -0.15) is 0 Å². The van der Waals surface area contributed by atoms with E-state index in [4.69, 9.17) is 4.74 Å². The van der Waals surface area contributed by atoms with Crippen LogP contribution in [0.3, 0.4) is 0 Å². The Balaban J connectivity index is 1.42. The number of piperidine rings is 1. The summed E-state index contributed by atoms with van der Waals surface area (Å²) >= 11 is 0. The number of ether oxygens (including phenoxy) is 1. The van der Waals surface area contributed by atoms with Crippen LogP contribution in [0.25, 0.3) is 0 Å². The Morgan fingerprint density at radius 3 is 2.72 bits per heavy atom. The number of rotatable bonds is 4. The molecule has 25 heavy (non-hydrogen) atoms. The average Bonchev–Trinajstić information content (AvgIpc) is 2.92. The molecular formula is C20H29N3O2. The molecule has 1 aliphatic carbocycles. The first-order valence-electron chi connectivity index (χ1n) is 9.65. The molecule has 1 spiro atoms. The molecule has 5 heteroatoms. The van der Waals surface area contributed by atoms with E-state index in [1.807, 2.05) is 30.2 Å². The van der Waals surface area contributed by atoms with E-state index in [1.54, 1.807) is 6.20 Å². The van der Waals surface area contributed by atoms with Crippen molar-refractivity contribution >= 4 is 5.91 Å². The average molecular weight is 343 g/mol. The third-order valence-corrected chi connectivity index (χ3v) is 6.73. The third kappa shape index (κ3) is 3.20. The summed E-state index contributed by atoms with van der Waals surface area (Å²) in [5.74, 6) is 0.679. The maximum atomic E-state index is 12.7. The number of pyridine rings is 1. The standard InChI is InChI=1S/C20H29N3O2/c1-25-14-16-13-23(17-5-4-6-17)15-20(16)8-11-22(12-9-20)19(24)18-7-2-3-10-21-18/h2-3,7,10,16-17H,4-6,8-9,11-15H2,1H3. The summed E-state index contributed by atoms with van der Waals surface area (Å²) in [6.45, 7) is 4.89. The van der Waals surface area contributed by atoms with E-state index in [1.165, 1.54) is 32.4 Å². The first-order valence-corrected chi connectivity index (χ1v) is 9.65. The summed E-state index contributed by atoms with van der Waals surface area (Å²) in [5.41, 5.74) is 0.890. The predicted octanol–water partition coefficient (Wildman–Crippen LogP) is 2.43. The first kappa shape index (κ1) is 17.0. The van der Waals surface area contributed by atoms with E-state index >= 15 is 0 Å². The van der Waals surface area contributed by atoms with Gasteiger partial charge in [0.2, 0.25) is 0 Å². The molecule has 0 radical (unpaired) electrons. The highest BCUT2D eigenvalue weighted by atomic mass is 16.5. The highest BCUT2D eigenvalue weighted by Crippen LogP contribution is 2.47. The fourth-order valence-corrected chi connectivity index (χ4v) is 4.91. The highest BCUT2D eigenvalue weighted by Gasteiger charge is 2.50. The Labute approximate surface area is 150 Å². The minimum Gasteiger partial charge on any atom is -0.384 e. The minimum absolute atomic E-state index is 0.0765. The molecule has 1 saturated carbocycles. The van der Waals surface area contributed by atoms with Crippen molar-refractivity contribution in [2.45, 2.75) is 38.1 Å². The second kappa shape index (κ2) is 7.04. The second-order valence-corrected chi connectivity index (χ2v) is 8.04. The number of nitrogens with zero attached hydrogens (tertiary/aromatic N) is 3. The fraction of sp³-hybridized carbons (Fsp3) is 0.700. The number of carbonyl (C=O) groups is 1. The zero-order valence-electron chi connectivity index (χ0n) is 15.2. The lowest BCUT2D eigenvalue weighted by Crippen LogP contribution is -2.48. The van der Waals surface area contributed by atoms with E-state index < -0.39 is 0 Å². The Hall–Kier alpha value is -1.46. The van der Waals surface area contributed by atoms with Gasteiger partial charge in [0.05, 0.1) is 6.61 Å². The molecule has 1 aromatic rings. The van der Waals surface area contributed by atoms with Gasteiger partial charge in [0, 0.05) is 51.4 Å². The number of amides is 1. The summed E-state index contributed by atoms with van der Waals surface area (Å²) < 4.78 is 5.56. The van der Waals surface area contributed by atoms with Crippen molar-refractivity contribution in [2.24, 2.45) is 11.3 Å². The zero-order valence-corrected chi connectivity index (χ0v) is 15.2. The quantitative estimate of drug-likeness (QED) is 0.842. The van der Waals surface area contributed by atoms with Gasteiger partial charge in [-0.1, -0.05) is 12.5 Å². The molecule has 5 nitrogen and oxygen atoms in total. The van der Waals surface area contributed by atoms with Gasteiger partial charge in [0.15, 0.2) is 0 Å². The molecule has 2 saturated heterocycles. The van der Waals surface area contributed by atoms with Gasteiger partial charge in [-0.3, -0.25) is 14.7 Å². The van der Waals surface area contributed by atoms with E-state index in [-0.39, 0.29) is 5.91 Å². The van der Waals surface area contributed by atoms with Crippen LogP contribution >= 0.6 is 0 Å². The minimum atomic E-state index is 0.0765.